The van der Waals surface area contributed by atoms with Crippen LogP contribution in [-0.2, 0) is 0 Å². The van der Waals surface area contributed by atoms with Gasteiger partial charge in [-0.1, -0.05) is 6.07 Å². The molecule has 0 aliphatic heterocycles. The maximum Gasteiger partial charge on any atom is 0.417 e. The Morgan fingerprint density at radius 2 is 2.25 bits per heavy atom. The Balaban J connectivity index is 2.04. The van der Waals surface area contributed by atoms with Crippen molar-refractivity contribution in [3.05, 3.63) is 45.1 Å². The largest absolute Gasteiger partial charge is 0.417 e. The fourth-order valence-corrected chi connectivity index (χ4v) is 3.06. The zero-order chi connectivity index (χ0) is 14.3. The van der Waals surface area contributed by atoms with Crippen LogP contribution in [0.2, 0.25) is 0 Å². The van der Waals surface area contributed by atoms with Gasteiger partial charge in [0.15, 0.2) is 5.58 Å². The van der Waals surface area contributed by atoms with Gasteiger partial charge in [0.25, 0.3) is 0 Å². The average molecular weight is 289 g/mol. The molecule has 104 valence electrons. The predicted molar refractivity (Wildman–Crippen MR) is 82.4 cm³/mol. The highest BCUT2D eigenvalue weighted by Gasteiger charge is 2.17. The van der Waals surface area contributed by atoms with Gasteiger partial charge in [0.2, 0.25) is 0 Å². The van der Waals surface area contributed by atoms with E-state index in [1.807, 2.05) is 19.2 Å². The van der Waals surface area contributed by atoms with Crippen molar-refractivity contribution in [3.8, 4) is 0 Å². The highest BCUT2D eigenvalue weighted by atomic mass is 32.1. The molecule has 3 N–H and O–H groups in total. The fourth-order valence-electron chi connectivity index (χ4n) is 2.24. The first-order valence-corrected chi connectivity index (χ1v) is 7.13. The minimum atomic E-state index is -0.467. The van der Waals surface area contributed by atoms with Gasteiger partial charge in [-0.2, -0.15) is 0 Å². The molecule has 0 radical (unpaired) electrons. The number of hydrogen-bond acceptors (Lipinski definition) is 5. The number of anilines is 2. The summed E-state index contributed by atoms with van der Waals surface area (Å²) in [5.74, 6) is -0.467. The lowest BCUT2D eigenvalue weighted by molar-refractivity contribution is 0.555. The van der Waals surface area contributed by atoms with Crippen molar-refractivity contribution >= 4 is 33.8 Å². The first kappa shape index (κ1) is 12.8. The minimum Gasteiger partial charge on any atom is -0.408 e. The van der Waals surface area contributed by atoms with Gasteiger partial charge in [-0.15, -0.1) is 11.3 Å². The maximum absolute atomic E-state index is 11.2. The van der Waals surface area contributed by atoms with Crippen LogP contribution in [0.5, 0.6) is 0 Å². The summed E-state index contributed by atoms with van der Waals surface area (Å²) >= 11 is 1.71. The van der Waals surface area contributed by atoms with E-state index >= 15 is 0 Å². The van der Waals surface area contributed by atoms with E-state index in [9.17, 15) is 4.79 Å². The lowest BCUT2D eigenvalue weighted by Gasteiger charge is -2.27. The van der Waals surface area contributed by atoms with Gasteiger partial charge in [0.05, 0.1) is 22.9 Å². The summed E-state index contributed by atoms with van der Waals surface area (Å²) in [5, 5.41) is 2.06. The van der Waals surface area contributed by atoms with Gasteiger partial charge in [-0.25, -0.2) is 4.79 Å². The van der Waals surface area contributed by atoms with Crippen molar-refractivity contribution in [2.24, 2.45) is 0 Å². The van der Waals surface area contributed by atoms with Crippen LogP contribution in [0.15, 0.2) is 38.9 Å². The lowest BCUT2D eigenvalue weighted by atomic mass is 10.1. The molecule has 6 heteroatoms. The molecule has 0 amide bonds. The molecule has 2 aromatic heterocycles. The molecule has 3 rings (SSSR count). The van der Waals surface area contributed by atoms with Crippen molar-refractivity contribution in [2.75, 3.05) is 17.7 Å². The number of oxazole rings is 1. The summed E-state index contributed by atoms with van der Waals surface area (Å²) < 4.78 is 5.01. The molecule has 2 heterocycles. The molecule has 0 aliphatic rings. The average Bonchev–Trinajstić information content (AvgIpc) is 3.04. The Hall–Kier alpha value is -2.21. The van der Waals surface area contributed by atoms with Crippen molar-refractivity contribution in [2.45, 2.75) is 13.0 Å². The summed E-state index contributed by atoms with van der Waals surface area (Å²) in [4.78, 5) is 17.2. The topological polar surface area (TPSA) is 75.3 Å². The van der Waals surface area contributed by atoms with E-state index in [1.54, 1.807) is 17.4 Å². The number of nitrogens with two attached hydrogens (primary N) is 1. The lowest BCUT2D eigenvalue weighted by Crippen LogP contribution is -2.21. The highest BCUT2D eigenvalue weighted by molar-refractivity contribution is 7.10. The van der Waals surface area contributed by atoms with Gasteiger partial charge in [0.1, 0.15) is 0 Å². The van der Waals surface area contributed by atoms with E-state index in [0.29, 0.717) is 16.8 Å². The molecule has 20 heavy (non-hydrogen) atoms. The molecule has 0 bridgehead atoms. The third kappa shape index (κ3) is 2.08. The molecule has 0 fully saturated rings. The predicted octanol–water partition coefficient (Wildman–Crippen LogP) is 2.96. The maximum atomic E-state index is 11.2. The van der Waals surface area contributed by atoms with Gasteiger partial charge in [-0.3, -0.25) is 4.98 Å². The molecule has 0 aliphatic carbocycles. The van der Waals surface area contributed by atoms with E-state index < -0.39 is 5.76 Å². The number of rotatable bonds is 3. The Kier molecular flexibility index (Phi) is 3.02. The molecule has 1 atom stereocenters. The van der Waals surface area contributed by atoms with Crippen LogP contribution in [-0.4, -0.2) is 12.0 Å². The Morgan fingerprint density at radius 1 is 1.45 bits per heavy atom. The molecular formula is C14H15N3O2S. The number of nitrogen functional groups attached to an aromatic ring is 1. The van der Waals surface area contributed by atoms with E-state index in [1.165, 1.54) is 4.88 Å². The second-order valence-corrected chi connectivity index (χ2v) is 5.70. The van der Waals surface area contributed by atoms with Gasteiger partial charge in [0, 0.05) is 18.0 Å². The Morgan fingerprint density at radius 3 is 2.95 bits per heavy atom. The van der Waals surface area contributed by atoms with Crippen molar-refractivity contribution < 1.29 is 4.42 Å². The summed E-state index contributed by atoms with van der Waals surface area (Å²) in [5.41, 5.74) is 8.67. The molecule has 0 saturated carbocycles. The molecule has 1 unspecified atom stereocenters. The number of fused-ring (bicyclic) bond motifs is 1. The molecule has 0 spiro atoms. The molecule has 0 saturated heterocycles. The van der Waals surface area contributed by atoms with E-state index in [0.717, 1.165) is 5.69 Å². The van der Waals surface area contributed by atoms with Crippen molar-refractivity contribution in [3.63, 3.8) is 0 Å². The zero-order valence-electron chi connectivity index (χ0n) is 11.2. The van der Waals surface area contributed by atoms with Crippen LogP contribution in [0, 0.1) is 0 Å². The summed E-state index contributed by atoms with van der Waals surface area (Å²) in [7, 11) is 1.99. The fraction of sp³-hybridized carbons (Fsp3) is 0.214. The minimum absolute atomic E-state index is 0.202. The summed E-state index contributed by atoms with van der Waals surface area (Å²) in [6.45, 7) is 2.12. The Labute approximate surface area is 119 Å². The van der Waals surface area contributed by atoms with E-state index in [4.69, 9.17) is 10.2 Å². The third-order valence-electron chi connectivity index (χ3n) is 3.48. The first-order chi connectivity index (χ1) is 9.56. The number of aromatic nitrogens is 1. The van der Waals surface area contributed by atoms with Gasteiger partial charge < -0.3 is 15.1 Å². The molecule has 1 aromatic carbocycles. The number of nitrogens with one attached hydrogen (secondary N) is 1. The van der Waals surface area contributed by atoms with Crippen LogP contribution in [0.1, 0.15) is 17.8 Å². The van der Waals surface area contributed by atoms with Crippen molar-refractivity contribution in [1.29, 1.82) is 0 Å². The van der Waals surface area contributed by atoms with Crippen LogP contribution < -0.4 is 16.4 Å². The second-order valence-electron chi connectivity index (χ2n) is 4.72. The number of nitrogens with zero attached hydrogens (tertiary/aromatic N) is 1. The van der Waals surface area contributed by atoms with Crippen LogP contribution in [0.4, 0.5) is 11.4 Å². The molecular weight excluding hydrogens is 274 g/mol. The number of thiophene rings is 1. The highest BCUT2D eigenvalue weighted by Crippen LogP contribution is 2.33. The van der Waals surface area contributed by atoms with Crippen LogP contribution >= 0.6 is 11.3 Å². The standard InChI is InChI=1S/C14H15N3O2S/c1-8(13-4-3-5-20-13)17(2)11-7-10-12(6-9(11)15)19-14(18)16-10/h3-8H,15H2,1-2H3,(H,16,18). The van der Waals surface area contributed by atoms with Crippen molar-refractivity contribution in [1.82, 2.24) is 4.98 Å². The monoisotopic (exact) mass is 289 g/mol. The normalized spacial score (nSPS) is 12.7. The molecule has 3 aromatic rings. The second kappa shape index (κ2) is 4.72. The van der Waals surface area contributed by atoms with Crippen LogP contribution in [0.3, 0.4) is 0 Å². The molecule has 5 nitrogen and oxygen atoms in total. The number of aromatic amines is 1. The quantitative estimate of drug-likeness (QED) is 0.727. The summed E-state index contributed by atoms with van der Waals surface area (Å²) in [6, 6.07) is 7.86. The number of H-pyrrole nitrogens is 1. The summed E-state index contributed by atoms with van der Waals surface area (Å²) in [6.07, 6.45) is 0. The zero-order valence-corrected chi connectivity index (χ0v) is 12.0. The Bertz CT molecular complexity index is 788. The van der Waals surface area contributed by atoms with E-state index in [2.05, 4.69) is 28.3 Å². The van der Waals surface area contributed by atoms with E-state index in [-0.39, 0.29) is 6.04 Å². The third-order valence-corrected chi connectivity index (χ3v) is 4.53. The SMILES string of the molecule is CC(c1cccs1)N(C)c1cc2[nH]c(=O)oc2cc1N. The first-order valence-electron chi connectivity index (χ1n) is 6.25. The number of hydrogen-bond donors (Lipinski definition) is 2. The van der Waals surface area contributed by atoms with Gasteiger partial charge in [-0.05, 0) is 24.4 Å². The van der Waals surface area contributed by atoms with Gasteiger partial charge >= 0.3 is 5.76 Å². The number of benzene rings is 1. The smallest absolute Gasteiger partial charge is 0.408 e. The van der Waals surface area contributed by atoms with Crippen LogP contribution in [0.25, 0.3) is 11.1 Å².